The predicted molar refractivity (Wildman–Crippen MR) is 101 cm³/mol. The van der Waals surface area contributed by atoms with E-state index in [1.54, 1.807) is 41.3 Å². The summed E-state index contributed by atoms with van der Waals surface area (Å²) in [5.41, 5.74) is 0.403. The smallest absolute Gasteiger partial charge is 0.266 e. The van der Waals surface area contributed by atoms with Gasteiger partial charge in [0.25, 0.3) is 5.91 Å². The van der Waals surface area contributed by atoms with Crippen molar-refractivity contribution in [3.8, 4) is 11.3 Å². The summed E-state index contributed by atoms with van der Waals surface area (Å²) in [6.45, 7) is 0. The number of hydrogen-bond donors (Lipinski definition) is 0. The number of hydrogen-bond acceptors (Lipinski definition) is 4. The molecule has 0 unspecified atom stereocenters. The van der Waals surface area contributed by atoms with Crippen molar-refractivity contribution in [2.45, 2.75) is 31.7 Å². The van der Waals surface area contributed by atoms with Gasteiger partial charge < -0.3 is 4.42 Å². The van der Waals surface area contributed by atoms with Gasteiger partial charge in [-0.3, -0.25) is 9.69 Å². The van der Waals surface area contributed by atoms with Crippen molar-refractivity contribution in [3.63, 3.8) is 0 Å². The summed E-state index contributed by atoms with van der Waals surface area (Å²) in [5.74, 6) is 0.572. The van der Waals surface area contributed by atoms with Gasteiger partial charge in [0.2, 0.25) is 0 Å². The Morgan fingerprint density at radius 1 is 1.20 bits per heavy atom. The van der Waals surface area contributed by atoms with E-state index >= 15 is 0 Å². The van der Waals surface area contributed by atoms with Crippen LogP contribution in [0, 0.1) is 5.82 Å². The Balaban J connectivity index is 1.58. The molecule has 1 aliphatic carbocycles. The molecule has 1 aromatic carbocycles. The fourth-order valence-electron chi connectivity index (χ4n) is 3.32. The number of rotatable bonds is 3. The zero-order valence-corrected chi connectivity index (χ0v) is 15.0. The normalized spacial score (nSPS) is 20.2. The lowest BCUT2D eigenvalue weighted by molar-refractivity contribution is -0.123. The first-order valence-corrected chi connectivity index (χ1v) is 9.48. The molecular formula is C19H16FNO2S2. The Morgan fingerprint density at radius 2 is 1.96 bits per heavy atom. The van der Waals surface area contributed by atoms with Crippen LogP contribution in [0.1, 0.15) is 31.4 Å². The van der Waals surface area contributed by atoms with Crippen molar-refractivity contribution in [2.75, 3.05) is 0 Å². The van der Waals surface area contributed by atoms with E-state index in [9.17, 15) is 9.18 Å². The fourth-order valence-corrected chi connectivity index (χ4v) is 4.70. The van der Waals surface area contributed by atoms with Gasteiger partial charge in [0, 0.05) is 12.1 Å². The fraction of sp³-hybridized carbons (Fsp3) is 0.263. The summed E-state index contributed by atoms with van der Waals surface area (Å²) in [6, 6.07) is 10.1. The number of benzene rings is 1. The molecule has 0 radical (unpaired) electrons. The van der Waals surface area contributed by atoms with Gasteiger partial charge in [-0.2, -0.15) is 0 Å². The number of halogens is 1. The van der Waals surface area contributed by atoms with Crippen LogP contribution in [-0.4, -0.2) is 21.2 Å². The molecule has 1 amide bonds. The van der Waals surface area contributed by atoms with Gasteiger partial charge >= 0.3 is 0 Å². The second-order valence-electron chi connectivity index (χ2n) is 6.17. The zero-order chi connectivity index (χ0) is 17.4. The highest BCUT2D eigenvalue weighted by atomic mass is 32.2. The quantitative estimate of drug-likeness (QED) is 0.545. The lowest BCUT2D eigenvalue weighted by atomic mass is 10.1. The summed E-state index contributed by atoms with van der Waals surface area (Å²) >= 11 is 6.70. The SMILES string of the molecule is O=C1/C(=C\c2ccc(-c3ccccc3F)o2)SC(=S)N1C1CCCC1. The average molecular weight is 373 g/mol. The standard InChI is InChI=1S/C19H16FNO2S2/c20-15-8-4-3-7-14(15)16-10-9-13(23-16)11-17-18(22)21(19(24)25-17)12-5-1-2-6-12/h3-4,7-12H,1-2,5-6H2/b17-11+. The van der Waals surface area contributed by atoms with Crippen LogP contribution in [0.15, 0.2) is 45.7 Å². The number of carbonyl (C=O) groups is 1. The van der Waals surface area contributed by atoms with Gasteiger partial charge in [0.1, 0.15) is 21.7 Å². The minimum Gasteiger partial charge on any atom is -0.457 e. The molecule has 2 fully saturated rings. The van der Waals surface area contributed by atoms with Crippen LogP contribution in [0.25, 0.3) is 17.4 Å². The molecule has 0 atom stereocenters. The Kier molecular flexibility index (Phi) is 4.48. The third-order valence-electron chi connectivity index (χ3n) is 4.55. The molecule has 6 heteroatoms. The van der Waals surface area contributed by atoms with Gasteiger partial charge in [-0.05, 0) is 37.1 Å². The van der Waals surface area contributed by atoms with E-state index < -0.39 is 0 Å². The lowest BCUT2D eigenvalue weighted by Crippen LogP contribution is -2.36. The molecule has 1 saturated heterocycles. The van der Waals surface area contributed by atoms with Crippen LogP contribution in [0.4, 0.5) is 4.39 Å². The third kappa shape index (κ3) is 3.16. The topological polar surface area (TPSA) is 33.5 Å². The molecule has 0 spiro atoms. The lowest BCUT2D eigenvalue weighted by Gasteiger charge is -2.21. The van der Waals surface area contributed by atoms with Crippen LogP contribution < -0.4 is 0 Å². The Morgan fingerprint density at radius 3 is 2.72 bits per heavy atom. The maximum atomic E-state index is 13.9. The second-order valence-corrected chi connectivity index (χ2v) is 7.85. The first-order valence-electron chi connectivity index (χ1n) is 8.25. The van der Waals surface area contributed by atoms with Crippen molar-refractivity contribution < 1.29 is 13.6 Å². The van der Waals surface area contributed by atoms with Crippen LogP contribution in [0.3, 0.4) is 0 Å². The molecule has 2 aromatic rings. The van der Waals surface area contributed by atoms with E-state index in [1.165, 1.54) is 17.8 Å². The third-order valence-corrected chi connectivity index (χ3v) is 5.88. The van der Waals surface area contributed by atoms with Crippen LogP contribution in [0.2, 0.25) is 0 Å². The first-order chi connectivity index (χ1) is 12.1. The van der Waals surface area contributed by atoms with Crippen molar-refractivity contribution >= 4 is 40.3 Å². The summed E-state index contributed by atoms with van der Waals surface area (Å²) in [6.07, 6.45) is 6.00. The maximum absolute atomic E-state index is 13.9. The predicted octanol–water partition coefficient (Wildman–Crippen LogP) is 5.23. The Labute approximate surface area is 154 Å². The van der Waals surface area contributed by atoms with E-state index in [0.29, 0.717) is 26.3 Å². The number of amides is 1. The highest BCUT2D eigenvalue weighted by Gasteiger charge is 2.38. The van der Waals surface area contributed by atoms with Crippen molar-refractivity contribution in [2.24, 2.45) is 0 Å². The van der Waals surface area contributed by atoms with E-state index in [1.807, 2.05) is 0 Å². The zero-order valence-electron chi connectivity index (χ0n) is 13.4. The van der Waals surface area contributed by atoms with E-state index in [0.717, 1.165) is 25.7 Å². The van der Waals surface area contributed by atoms with Gasteiger partial charge in [-0.15, -0.1) is 0 Å². The van der Waals surface area contributed by atoms with Gasteiger partial charge in [-0.1, -0.05) is 49.0 Å². The molecule has 128 valence electrons. The molecule has 1 aliphatic heterocycles. The molecule has 4 rings (SSSR count). The van der Waals surface area contributed by atoms with E-state index in [4.69, 9.17) is 16.6 Å². The van der Waals surface area contributed by atoms with Crippen molar-refractivity contribution in [3.05, 3.63) is 52.9 Å². The molecule has 0 bridgehead atoms. The van der Waals surface area contributed by atoms with Crippen LogP contribution >= 0.6 is 24.0 Å². The molecular weight excluding hydrogens is 357 g/mol. The van der Waals surface area contributed by atoms with Gasteiger partial charge in [-0.25, -0.2) is 4.39 Å². The molecule has 1 saturated carbocycles. The van der Waals surface area contributed by atoms with Crippen LogP contribution in [-0.2, 0) is 4.79 Å². The summed E-state index contributed by atoms with van der Waals surface area (Å²) in [7, 11) is 0. The van der Waals surface area contributed by atoms with E-state index in [2.05, 4.69) is 0 Å². The summed E-state index contributed by atoms with van der Waals surface area (Å²) in [4.78, 5) is 15.0. The molecule has 25 heavy (non-hydrogen) atoms. The van der Waals surface area contributed by atoms with E-state index in [-0.39, 0.29) is 17.8 Å². The number of thiocarbonyl (C=S) groups is 1. The maximum Gasteiger partial charge on any atom is 0.266 e. The summed E-state index contributed by atoms with van der Waals surface area (Å²) < 4.78 is 20.2. The van der Waals surface area contributed by atoms with Gasteiger partial charge in [0.15, 0.2) is 0 Å². The number of thioether (sulfide) groups is 1. The highest BCUT2D eigenvalue weighted by molar-refractivity contribution is 8.26. The van der Waals surface area contributed by atoms with Gasteiger partial charge in [0.05, 0.1) is 10.5 Å². The number of furan rings is 1. The van der Waals surface area contributed by atoms with Crippen LogP contribution in [0.5, 0.6) is 0 Å². The minimum absolute atomic E-state index is 0.0502. The Bertz CT molecular complexity index is 868. The van der Waals surface area contributed by atoms with Crippen molar-refractivity contribution in [1.29, 1.82) is 0 Å². The molecule has 2 aliphatic rings. The monoisotopic (exact) mass is 373 g/mol. The molecule has 2 heterocycles. The molecule has 0 N–H and O–H groups in total. The largest absolute Gasteiger partial charge is 0.457 e. The highest BCUT2D eigenvalue weighted by Crippen LogP contribution is 2.38. The first kappa shape index (κ1) is 16.5. The molecule has 3 nitrogen and oxygen atoms in total. The Hall–Kier alpha value is -1.92. The minimum atomic E-state index is -0.337. The average Bonchev–Trinajstić information content (AvgIpc) is 3.31. The van der Waals surface area contributed by atoms with Crippen molar-refractivity contribution in [1.82, 2.24) is 4.90 Å². The summed E-state index contributed by atoms with van der Waals surface area (Å²) in [5, 5.41) is 0. The second kappa shape index (κ2) is 6.77. The number of carbonyl (C=O) groups excluding carboxylic acids is 1. The molecule has 1 aromatic heterocycles. The number of nitrogens with zero attached hydrogens (tertiary/aromatic N) is 1.